The van der Waals surface area contributed by atoms with Crippen molar-refractivity contribution in [2.45, 2.75) is 51.5 Å². The Morgan fingerprint density at radius 1 is 0.909 bits per heavy atom. The number of methoxy groups -OCH3 is 1. The van der Waals surface area contributed by atoms with Gasteiger partial charge in [-0.05, 0) is 79.4 Å². The third kappa shape index (κ3) is 8.90. The van der Waals surface area contributed by atoms with E-state index in [1.54, 1.807) is 60.7 Å². The normalized spacial score (nSPS) is 13.1. The highest BCUT2D eigenvalue weighted by Crippen LogP contribution is 2.28. The lowest BCUT2D eigenvalue weighted by Gasteiger charge is -2.23. The molecule has 0 radical (unpaired) electrons. The van der Waals surface area contributed by atoms with Crippen LogP contribution in [0.2, 0.25) is 0 Å². The van der Waals surface area contributed by atoms with Gasteiger partial charge in [-0.2, -0.15) is 5.10 Å². The molecule has 0 atom stereocenters. The smallest absolute Gasteiger partial charge is 0.343 e. The summed E-state index contributed by atoms with van der Waals surface area (Å²) in [5, 5.41) is 9.34. The summed E-state index contributed by atoms with van der Waals surface area (Å²) in [5.41, 5.74) is 3.51. The minimum atomic E-state index is -1.02. The lowest BCUT2D eigenvalue weighted by Crippen LogP contribution is -2.37. The van der Waals surface area contributed by atoms with Gasteiger partial charge in [-0.3, -0.25) is 14.4 Å². The van der Waals surface area contributed by atoms with E-state index in [0.717, 1.165) is 38.5 Å². The number of rotatable bonds is 11. The fourth-order valence-corrected chi connectivity index (χ4v) is 4.61. The number of hydrogen-bond acceptors (Lipinski definition) is 8. The summed E-state index contributed by atoms with van der Waals surface area (Å²) in [7, 11) is 1.42. The molecule has 230 valence electrons. The Labute approximate surface area is 256 Å². The Kier molecular flexibility index (Phi) is 11.5. The van der Waals surface area contributed by atoms with Gasteiger partial charge in [-0.15, -0.1) is 0 Å². The molecule has 0 spiro atoms. The molecule has 1 aliphatic rings. The van der Waals surface area contributed by atoms with Gasteiger partial charge in [-0.25, -0.2) is 10.2 Å². The number of amides is 3. The summed E-state index contributed by atoms with van der Waals surface area (Å²) in [5.74, 6) is -1.76. The SMILES string of the molecule is CCCOc1ccc(C(=O)Oc2ccc(/C=N\NC(=O)C(=O)Nc3ccccc3C(=O)NC3CCCCC3)cc2OC)cc1. The van der Waals surface area contributed by atoms with Crippen molar-refractivity contribution >= 4 is 35.6 Å². The van der Waals surface area contributed by atoms with E-state index in [9.17, 15) is 19.2 Å². The lowest BCUT2D eigenvalue weighted by molar-refractivity contribution is -0.136. The van der Waals surface area contributed by atoms with Crippen molar-refractivity contribution in [3.63, 3.8) is 0 Å². The maximum absolute atomic E-state index is 12.8. The van der Waals surface area contributed by atoms with Crippen LogP contribution in [0.15, 0.2) is 71.8 Å². The highest BCUT2D eigenvalue weighted by Gasteiger charge is 2.21. The van der Waals surface area contributed by atoms with Crippen molar-refractivity contribution < 1.29 is 33.4 Å². The highest BCUT2D eigenvalue weighted by molar-refractivity contribution is 6.40. The van der Waals surface area contributed by atoms with Gasteiger partial charge in [0.25, 0.3) is 5.91 Å². The molecule has 1 saturated carbocycles. The third-order valence-corrected chi connectivity index (χ3v) is 6.90. The first-order valence-corrected chi connectivity index (χ1v) is 14.5. The first kappa shape index (κ1) is 31.7. The molecular formula is C33H36N4O7. The van der Waals surface area contributed by atoms with Gasteiger partial charge in [0.15, 0.2) is 11.5 Å². The highest BCUT2D eigenvalue weighted by atomic mass is 16.6. The molecule has 3 N–H and O–H groups in total. The van der Waals surface area contributed by atoms with Gasteiger partial charge < -0.3 is 24.8 Å². The predicted molar refractivity (Wildman–Crippen MR) is 165 cm³/mol. The minimum Gasteiger partial charge on any atom is -0.494 e. The van der Waals surface area contributed by atoms with Crippen LogP contribution in [-0.4, -0.2) is 49.7 Å². The first-order valence-electron chi connectivity index (χ1n) is 14.5. The molecule has 3 aromatic rings. The number of hydrazone groups is 1. The predicted octanol–water partition coefficient (Wildman–Crippen LogP) is 4.85. The van der Waals surface area contributed by atoms with Crippen molar-refractivity contribution in [3.8, 4) is 17.2 Å². The van der Waals surface area contributed by atoms with Crippen LogP contribution in [0.5, 0.6) is 17.2 Å². The summed E-state index contributed by atoms with van der Waals surface area (Å²) < 4.78 is 16.4. The average molecular weight is 601 g/mol. The third-order valence-electron chi connectivity index (χ3n) is 6.90. The van der Waals surface area contributed by atoms with Crippen LogP contribution in [0.1, 0.15) is 71.7 Å². The minimum absolute atomic E-state index is 0.0976. The molecule has 3 aromatic carbocycles. The number of ether oxygens (including phenoxy) is 3. The second-order valence-corrected chi connectivity index (χ2v) is 10.2. The van der Waals surface area contributed by atoms with Crippen LogP contribution in [0.3, 0.4) is 0 Å². The molecule has 0 bridgehead atoms. The van der Waals surface area contributed by atoms with E-state index in [4.69, 9.17) is 14.2 Å². The number of benzene rings is 3. The van der Waals surface area contributed by atoms with Crippen LogP contribution in [0.25, 0.3) is 0 Å². The fourth-order valence-electron chi connectivity index (χ4n) is 4.61. The summed E-state index contributed by atoms with van der Waals surface area (Å²) >= 11 is 0. The Morgan fingerprint density at radius 3 is 2.39 bits per heavy atom. The van der Waals surface area contributed by atoms with Crippen molar-refractivity contribution in [2.75, 3.05) is 19.0 Å². The largest absolute Gasteiger partial charge is 0.494 e. The zero-order valence-electron chi connectivity index (χ0n) is 24.8. The monoisotopic (exact) mass is 600 g/mol. The molecule has 1 aliphatic carbocycles. The summed E-state index contributed by atoms with van der Waals surface area (Å²) in [6.45, 7) is 2.59. The van der Waals surface area contributed by atoms with E-state index in [-0.39, 0.29) is 34.7 Å². The number of anilines is 1. The number of nitrogens with zero attached hydrogens (tertiary/aromatic N) is 1. The molecule has 0 aliphatic heterocycles. The van der Waals surface area contributed by atoms with Crippen LogP contribution < -0.4 is 30.3 Å². The number of carbonyl (C=O) groups excluding carboxylic acids is 4. The van der Waals surface area contributed by atoms with E-state index in [1.165, 1.54) is 19.4 Å². The Morgan fingerprint density at radius 2 is 1.66 bits per heavy atom. The maximum Gasteiger partial charge on any atom is 0.343 e. The van der Waals surface area contributed by atoms with Crippen molar-refractivity contribution in [3.05, 3.63) is 83.4 Å². The van der Waals surface area contributed by atoms with E-state index >= 15 is 0 Å². The summed E-state index contributed by atoms with van der Waals surface area (Å²) in [6, 6.07) is 17.9. The quantitative estimate of drug-likeness (QED) is 0.0938. The van der Waals surface area contributed by atoms with Crippen molar-refractivity contribution in [1.29, 1.82) is 0 Å². The zero-order valence-corrected chi connectivity index (χ0v) is 24.8. The van der Waals surface area contributed by atoms with E-state index in [1.807, 2.05) is 6.92 Å². The molecule has 4 rings (SSSR count). The molecule has 0 saturated heterocycles. The topological polar surface area (TPSA) is 144 Å². The van der Waals surface area contributed by atoms with E-state index in [0.29, 0.717) is 23.5 Å². The number of para-hydroxylation sites is 1. The number of carbonyl (C=O) groups is 4. The van der Waals surface area contributed by atoms with E-state index < -0.39 is 17.8 Å². The molecule has 11 heteroatoms. The number of nitrogens with one attached hydrogen (secondary N) is 3. The van der Waals surface area contributed by atoms with Crippen molar-refractivity contribution in [1.82, 2.24) is 10.7 Å². The fraction of sp³-hybridized carbons (Fsp3) is 0.303. The number of hydrogen-bond donors (Lipinski definition) is 3. The Balaban J connectivity index is 1.32. The van der Waals surface area contributed by atoms with Gasteiger partial charge in [-0.1, -0.05) is 38.3 Å². The van der Waals surface area contributed by atoms with Crippen LogP contribution in [0, 0.1) is 0 Å². The summed E-state index contributed by atoms with van der Waals surface area (Å²) in [6.07, 6.45) is 7.32. The second-order valence-electron chi connectivity index (χ2n) is 10.2. The molecular weight excluding hydrogens is 564 g/mol. The Bertz CT molecular complexity index is 1500. The molecule has 44 heavy (non-hydrogen) atoms. The standard InChI is InChI=1S/C33H36N4O7/c1-3-19-43-25-16-14-23(15-17-25)33(41)44-28-18-13-22(20-29(28)42-2)21-34-37-32(40)31(39)36-27-12-8-7-11-26(27)30(38)35-24-9-5-4-6-10-24/h7-8,11-18,20-21,24H,3-6,9-10,19H2,1-2H3,(H,35,38)(H,36,39)(H,37,40)/b34-21-. The van der Waals surface area contributed by atoms with Gasteiger partial charge in [0.05, 0.1) is 36.7 Å². The maximum atomic E-state index is 12.8. The average Bonchev–Trinajstić information content (AvgIpc) is 3.05. The van der Waals surface area contributed by atoms with E-state index in [2.05, 4.69) is 21.2 Å². The van der Waals surface area contributed by atoms with Crippen LogP contribution in [0.4, 0.5) is 5.69 Å². The van der Waals surface area contributed by atoms with Gasteiger partial charge in [0.2, 0.25) is 0 Å². The van der Waals surface area contributed by atoms with Gasteiger partial charge in [0, 0.05) is 6.04 Å². The molecule has 0 unspecified atom stereocenters. The molecule has 0 heterocycles. The Hall–Kier alpha value is -5.19. The van der Waals surface area contributed by atoms with Crippen molar-refractivity contribution in [2.24, 2.45) is 5.10 Å². The number of esters is 1. The van der Waals surface area contributed by atoms with Crippen LogP contribution in [-0.2, 0) is 9.59 Å². The first-order chi connectivity index (χ1) is 21.4. The molecule has 0 aromatic heterocycles. The lowest BCUT2D eigenvalue weighted by atomic mass is 9.95. The summed E-state index contributed by atoms with van der Waals surface area (Å²) in [4.78, 5) is 50.4. The van der Waals surface area contributed by atoms with Gasteiger partial charge in [0.1, 0.15) is 5.75 Å². The van der Waals surface area contributed by atoms with Gasteiger partial charge >= 0.3 is 17.8 Å². The second kappa shape index (κ2) is 15.9. The molecule has 1 fully saturated rings. The van der Waals surface area contributed by atoms with Crippen LogP contribution >= 0.6 is 0 Å². The zero-order chi connectivity index (χ0) is 31.3. The molecule has 11 nitrogen and oxygen atoms in total. The molecule has 3 amide bonds.